The summed E-state index contributed by atoms with van der Waals surface area (Å²) in [6, 6.07) is 9.71. The molecule has 1 aromatic carbocycles. The number of carbonyl (C=O) groups excluding carboxylic acids is 2. The third kappa shape index (κ3) is 3.82. The molecule has 0 radical (unpaired) electrons. The van der Waals surface area contributed by atoms with Gasteiger partial charge in [0.2, 0.25) is 11.8 Å². The number of likely N-dealkylation sites (tertiary alicyclic amines) is 1. The van der Waals surface area contributed by atoms with Gasteiger partial charge in [-0.3, -0.25) is 9.59 Å². The van der Waals surface area contributed by atoms with E-state index in [1.807, 2.05) is 43.5 Å². The molecule has 2 amide bonds. The van der Waals surface area contributed by atoms with Gasteiger partial charge < -0.3 is 10.2 Å². The number of hydrogen-bond donors (Lipinski definition) is 1. The van der Waals surface area contributed by atoms with Crippen LogP contribution < -0.4 is 5.32 Å². The van der Waals surface area contributed by atoms with Crippen LogP contribution in [0.2, 0.25) is 0 Å². The van der Waals surface area contributed by atoms with Crippen LogP contribution in [0.5, 0.6) is 0 Å². The summed E-state index contributed by atoms with van der Waals surface area (Å²) in [5, 5.41) is 7.22. The Morgan fingerprint density at radius 1 is 1.38 bits per heavy atom. The third-order valence-electron chi connectivity index (χ3n) is 4.30. The second-order valence-corrected chi connectivity index (χ2v) is 6.07. The molecule has 1 aliphatic rings. The Bertz CT molecular complexity index is 712. The van der Waals surface area contributed by atoms with Gasteiger partial charge in [0, 0.05) is 38.3 Å². The predicted octanol–water partition coefficient (Wildman–Crippen LogP) is 2.06. The fourth-order valence-corrected chi connectivity index (χ4v) is 2.93. The molecule has 1 saturated heterocycles. The molecule has 2 heterocycles. The summed E-state index contributed by atoms with van der Waals surface area (Å²) in [4.78, 5) is 25.5. The molecule has 6 heteroatoms. The Kier molecular flexibility index (Phi) is 4.93. The zero-order valence-corrected chi connectivity index (χ0v) is 13.8. The smallest absolute Gasteiger partial charge is 0.222 e. The zero-order valence-electron chi connectivity index (χ0n) is 13.8. The SMILES string of the molecule is C[C@@H](NC(=O)CCN1CCCC1=O)c1cccc(-n2cccn2)c1. The molecule has 1 aromatic heterocycles. The van der Waals surface area contributed by atoms with Gasteiger partial charge in [-0.15, -0.1) is 0 Å². The maximum Gasteiger partial charge on any atom is 0.222 e. The summed E-state index contributed by atoms with van der Waals surface area (Å²) in [5.74, 6) is 0.120. The van der Waals surface area contributed by atoms with Gasteiger partial charge in [0.1, 0.15) is 0 Å². The van der Waals surface area contributed by atoms with Crippen molar-refractivity contribution in [3.63, 3.8) is 0 Å². The van der Waals surface area contributed by atoms with Crippen molar-refractivity contribution < 1.29 is 9.59 Å². The molecule has 0 bridgehead atoms. The Morgan fingerprint density at radius 3 is 2.96 bits per heavy atom. The van der Waals surface area contributed by atoms with E-state index in [4.69, 9.17) is 0 Å². The van der Waals surface area contributed by atoms with Gasteiger partial charge in [-0.2, -0.15) is 5.10 Å². The highest BCUT2D eigenvalue weighted by atomic mass is 16.2. The topological polar surface area (TPSA) is 67.2 Å². The lowest BCUT2D eigenvalue weighted by Gasteiger charge is -2.18. The van der Waals surface area contributed by atoms with Crippen LogP contribution in [0.25, 0.3) is 5.69 Å². The van der Waals surface area contributed by atoms with E-state index in [-0.39, 0.29) is 17.9 Å². The Labute approximate surface area is 141 Å². The van der Waals surface area contributed by atoms with Crippen LogP contribution in [0.4, 0.5) is 0 Å². The fraction of sp³-hybridized carbons (Fsp3) is 0.389. The van der Waals surface area contributed by atoms with Crippen molar-refractivity contribution in [3.05, 3.63) is 48.3 Å². The standard InChI is InChI=1S/C18H22N4O2/c1-14(20-17(23)8-12-21-10-3-7-18(21)24)15-5-2-6-16(13-15)22-11-4-9-19-22/h2,4-6,9,11,13-14H,3,7-8,10,12H2,1H3,(H,20,23)/t14-/m1/s1. The highest BCUT2D eigenvalue weighted by Crippen LogP contribution is 2.17. The van der Waals surface area contributed by atoms with E-state index in [9.17, 15) is 9.59 Å². The number of rotatable bonds is 6. The molecule has 0 aliphatic carbocycles. The summed E-state index contributed by atoms with van der Waals surface area (Å²) in [6.45, 7) is 3.24. The van der Waals surface area contributed by atoms with E-state index < -0.39 is 0 Å². The van der Waals surface area contributed by atoms with Gasteiger partial charge in [-0.1, -0.05) is 12.1 Å². The lowest BCUT2D eigenvalue weighted by Crippen LogP contribution is -2.32. The van der Waals surface area contributed by atoms with Gasteiger partial charge in [0.25, 0.3) is 0 Å². The van der Waals surface area contributed by atoms with E-state index in [1.165, 1.54) is 0 Å². The molecular formula is C18H22N4O2. The first kappa shape index (κ1) is 16.2. The van der Waals surface area contributed by atoms with E-state index in [0.717, 1.165) is 24.2 Å². The van der Waals surface area contributed by atoms with Crippen LogP contribution in [0.3, 0.4) is 0 Å². The average Bonchev–Trinajstić information content (AvgIpc) is 3.25. The first-order chi connectivity index (χ1) is 11.6. The molecule has 126 valence electrons. The highest BCUT2D eigenvalue weighted by Gasteiger charge is 2.20. The second kappa shape index (κ2) is 7.29. The first-order valence-electron chi connectivity index (χ1n) is 8.30. The minimum Gasteiger partial charge on any atom is -0.350 e. The summed E-state index contributed by atoms with van der Waals surface area (Å²) in [7, 11) is 0. The van der Waals surface area contributed by atoms with Crippen molar-refractivity contribution in [3.8, 4) is 5.69 Å². The average molecular weight is 326 g/mol. The van der Waals surface area contributed by atoms with Crippen LogP contribution in [-0.4, -0.2) is 39.6 Å². The zero-order chi connectivity index (χ0) is 16.9. The van der Waals surface area contributed by atoms with Crippen molar-refractivity contribution >= 4 is 11.8 Å². The number of hydrogen-bond acceptors (Lipinski definition) is 3. The van der Waals surface area contributed by atoms with E-state index in [0.29, 0.717) is 19.4 Å². The minimum atomic E-state index is -0.0951. The molecule has 0 spiro atoms. The van der Waals surface area contributed by atoms with E-state index in [1.54, 1.807) is 15.8 Å². The normalized spacial score (nSPS) is 15.5. The highest BCUT2D eigenvalue weighted by molar-refractivity contribution is 5.80. The molecule has 6 nitrogen and oxygen atoms in total. The molecule has 1 fully saturated rings. The predicted molar refractivity (Wildman–Crippen MR) is 90.6 cm³/mol. The monoisotopic (exact) mass is 326 g/mol. The number of amides is 2. The number of nitrogens with zero attached hydrogens (tertiary/aromatic N) is 3. The first-order valence-corrected chi connectivity index (χ1v) is 8.30. The Balaban J connectivity index is 1.56. The molecule has 1 aliphatic heterocycles. The van der Waals surface area contributed by atoms with Crippen molar-refractivity contribution in [2.24, 2.45) is 0 Å². The van der Waals surface area contributed by atoms with Crippen LogP contribution in [0.15, 0.2) is 42.7 Å². The largest absolute Gasteiger partial charge is 0.350 e. The Hall–Kier alpha value is -2.63. The molecule has 1 atom stereocenters. The van der Waals surface area contributed by atoms with Gasteiger partial charge >= 0.3 is 0 Å². The van der Waals surface area contributed by atoms with Crippen molar-refractivity contribution in [1.29, 1.82) is 0 Å². The maximum atomic E-state index is 12.1. The van der Waals surface area contributed by atoms with E-state index >= 15 is 0 Å². The molecule has 2 aromatic rings. The lowest BCUT2D eigenvalue weighted by molar-refractivity contribution is -0.128. The van der Waals surface area contributed by atoms with Crippen molar-refractivity contribution in [2.45, 2.75) is 32.2 Å². The number of nitrogens with one attached hydrogen (secondary N) is 1. The summed E-state index contributed by atoms with van der Waals surface area (Å²) in [5.41, 5.74) is 1.98. The van der Waals surface area contributed by atoms with Crippen molar-refractivity contribution in [2.75, 3.05) is 13.1 Å². The van der Waals surface area contributed by atoms with Crippen LogP contribution in [0.1, 0.15) is 37.8 Å². The Morgan fingerprint density at radius 2 is 2.25 bits per heavy atom. The van der Waals surface area contributed by atoms with Crippen LogP contribution in [-0.2, 0) is 9.59 Å². The molecular weight excluding hydrogens is 304 g/mol. The summed E-state index contributed by atoms with van der Waals surface area (Å²) >= 11 is 0. The maximum absolute atomic E-state index is 12.1. The molecule has 0 saturated carbocycles. The molecule has 0 unspecified atom stereocenters. The van der Waals surface area contributed by atoms with Gasteiger partial charge in [0.15, 0.2) is 0 Å². The summed E-state index contributed by atoms with van der Waals surface area (Å²) in [6.07, 6.45) is 5.47. The number of aromatic nitrogens is 2. The molecule has 24 heavy (non-hydrogen) atoms. The van der Waals surface area contributed by atoms with Gasteiger partial charge in [-0.05, 0) is 37.1 Å². The van der Waals surface area contributed by atoms with Crippen LogP contribution >= 0.6 is 0 Å². The minimum absolute atomic E-state index is 0.0355. The second-order valence-electron chi connectivity index (χ2n) is 6.07. The quantitative estimate of drug-likeness (QED) is 0.883. The molecule has 3 rings (SSSR count). The van der Waals surface area contributed by atoms with Crippen molar-refractivity contribution in [1.82, 2.24) is 20.0 Å². The van der Waals surface area contributed by atoms with Crippen LogP contribution in [0, 0.1) is 0 Å². The number of carbonyl (C=O) groups is 2. The van der Waals surface area contributed by atoms with Gasteiger partial charge in [0.05, 0.1) is 11.7 Å². The lowest BCUT2D eigenvalue weighted by atomic mass is 10.1. The fourth-order valence-electron chi connectivity index (χ4n) is 2.93. The number of benzene rings is 1. The third-order valence-corrected chi connectivity index (χ3v) is 4.30. The van der Waals surface area contributed by atoms with E-state index in [2.05, 4.69) is 10.4 Å². The molecule has 1 N–H and O–H groups in total. The summed E-state index contributed by atoms with van der Waals surface area (Å²) < 4.78 is 1.79. The van der Waals surface area contributed by atoms with Gasteiger partial charge in [-0.25, -0.2) is 4.68 Å².